The van der Waals surface area contributed by atoms with Gasteiger partial charge in [0.05, 0.1) is 41.7 Å². The van der Waals surface area contributed by atoms with Crippen LogP contribution in [-0.4, -0.2) is 132 Å². The number of aromatic nitrogens is 2. The lowest BCUT2D eigenvalue weighted by Gasteiger charge is -2.48. The van der Waals surface area contributed by atoms with Crippen LogP contribution in [0.3, 0.4) is 0 Å². The molecule has 27 nitrogen and oxygen atoms in total. The van der Waals surface area contributed by atoms with E-state index in [1.165, 1.54) is 13.3 Å². The minimum absolute atomic E-state index is 0.0114. The number of imidazole rings is 1. The molecule has 0 aliphatic carbocycles. The lowest BCUT2D eigenvalue weighted by Crippen LogP contribution is -2.56. The second kappa shape index (κ2) is 25.6. The van der Waals surface area contributed by atoms with Crippen molar-refractivity contribution in [3.05, 3.63) is 63.9 Å². The fourth-order valence-corrected chi connectivity index (χ4v) is 16.6. The highest BCUT2D eigenvalue weighted by molar-refractivity contribution is 7.47. The molecule has 8 bridgehead atoms. The van der Waals surface area contributed by atoms with Crippen LogP contribution in [0, 0.1) is 59.2 Å². The molecule has 6 aliphatic rings. The highest BCUT2D eigenvalue weighted by Crippen LogP contribution is 2.63. The van der Waals surface area contributed by atoms with Crippen LogP contribution in [0.1, 0.15) is 150 Å². The normalized spacial score (nSPS) is 33.6. The fraction of sp³-hybridized carbons (Fsp3) is 0.629. The number of carbonyl (C=O) groups excluding carboxylic acids is 7. The first-order valence-corrected chi connectivity index (χ1v) is 32.1. The van der Waals surface area contributed by atoms with Crippen molar-refractivity contribution >= 4 is 77.3 Å². The Balaban J connectivity index is 1.19. The summed E-state index contributed by atoms with van der Waals surface area (Å²) < 4.78 is 32.3. The Morgan fingerprint density at radius 3 is 1.99 bits per heavy atom. The van der Waals surface area contributed by atoms with Gasteiger partial charge in [-0.05, 0) is 108 Å². The number of ether oxygens (including phenoxy) is 1. The second-order valence-electron chi connectivity index (χ2n) is 27.1. The molecule has 8 rings (SSSR count). The maximum atomic E-state index is 14.4. The first kappa shape index (κ1) is 68.9. The number of aliphatic hydroxyl groups is 2. The number of nitrogens with zero attached hydrogens (tertiary/aromatic N) is 5. The lowest BCUT2D eigenvalue weighted by molar-refractivity contribution is -0.124. The van der Waals surface area contributed by atoms with E-state index in [2.05, 4.69) is 15.6 Å². The number of benzene rings is 1. The Kier molecular flexibility index (Phi) is 19.6. The average molecular weight is 1270 g/mol. The number of allylic oxidation sites excluding steroid dienone is 6. The molecule has 1 aromatic heterocycles. The van der Waals surface area contributed by atoms with Gasteiger partial charge in [-0.15, -0.1) is 0 Å². The number of nitrogens with two attached hydrogens (primary N) is 6. The van der Waals surface area contributed by atoms with Crippen molar-refractivity contribution in [3.8, 4) is 0 Å². The lowest BCUT2D eigenvalue weighted by atomic mass is 9.55. The van der Waals surface area contributed by atoms with Gasteiger partial charge in [0.1, 0.15) is 18.3 Å². The first-order valence-electron chi connectivity index (χ1n) is 30.6. The van der Waals surface area contributed by atoms with Crippen molar-refractivity contribution in [2.24, 2.45) is 94.7 Å². The largest absolute Gasteiger partial charge is 0.472 e. The summed E-state index contributed by atoms with van der Waals surface area (Å²) in [5.74, 6) is -7.18. The van der Waals surface area contributed by atoms with Gasteiger partial charge in [-0.25, -0.2) is 9.55 Å². The van der Waals surface area contributed by atoms with Gasteiger partial charge in [-0.1, -0.05) is 34.6 Å². The number of carbonyl (C=O) groups is 7. The number of hydrogen-bond donors (Lipinski definition) is 11. The van der Waals surface area contributed by atoms with E-state index in [0.717, 1.165) is 11.1 Å². The molecule has 1 unspecified atom stereocenters. The van der Waals surface area contributed by atoms with E-state index in [9.17, 15) is 53.2 Å². The van der Waals surface area contributed by atoms with Gasteiger partial charge in [0, 0.05) is 131 Å². The number of phosphoric acid groups is 1. The Labute approximate surface area is 523 Å². The molecule has 7 amide bonds. The molecular weight excluding hydrogens is 1180 g/mol. The number of aliphatic imine (C=N–C) groups is 3. The predicted molar refractivity (Wildman–Crippen MR) is 334 cm³/mol. The highest BCUT2D eigenvalue weighted by Gasteiger charge is 2.66. The highest BCUT2D eigenvalue weighted by atomic mass is 31.2. The van der Waals surface area contributed by atoms with Crippen molar-refractivity contribution in [3.63, 3.8) is 0 Å². The monoisotopic (exact) mass is 1270 g/mol. The number of primary amides is 6. The molecule has 2 saturated heterocycles. The molecule has 2 aromatic rings. The summed E-state index contributed by atoms with van der Waals surface area (Å²) in [6, 6.07) is 2.70. The summed E-state index contributed by atoms with van der Waals surface area (Å²) in [6.45, 7) is 19.3. The Morgan fingerprint density at radius 2 is 1.40 bits per heavy atom. The van der Waals surface area contributed by atoms with Crippen LogP contribution in [0.2, 0.25) is 0 Å². The van der Waals surface area contributed by atoms with E-state index in [0.29, 0.717) is 56.4 Å². The second-order valence-corrected chi connectivity index (χ2v) is 28.4. The van der Waals surface area contributed by atoms with E-state index in [1.54, 1.807) is 4.57 Å². The summed E-state index contributed by atoms with van der Waals surface area (Å²) in [4.78, 5) is 126. The van der Waals surface area contributed by atoms with Gasteiger partial charge in [-0.2, -0.15) is 0 Å². The van der Waals surface area contributed by atoms with E-state index in [-0.39, 0.29) is 77.2 Å². The topological polar surface area (TPSA) is 460 Å². The minimum Gasteiger partial charge on any atom is -0.394 e. The van der Waals surface area contributed by atoms with Crippen molar-refractivity contribution in [1.82, 2.24) is 20.2 Å². The third-order valence-corrected chi connectivity index (χ3v) is 21.7. The zero-order valence-electron chi connectivity index (χ0n) is 53.3. The molecule has 0 spiro atoms. The first-order chi connectivity index (χ1) is 41.8. The number of aryl methyl sites for hydroxylation is 2. The molecule has 1 aromatic carbocycles. The molecule has 2 fully saturated rings. The molecule has 7 heterocycles. The van der Waals surface area contributed by atoms with E-state index >= 15 is 0 Å². The number of hydrogen-bond acceptors (Lipinski definition) is 18. The van der Waals surface area contributed by atoms with Crippen LogP contribution in [-0.2, 0) is 51.9 Å². The van der Waals surface area contributed by atoms with Crippen LogP contribution in [0.5, 0.6) is 0 Å². The summed E-state index contributed by atoms with van der Waals surface area (Å²) in [5.41, 5.74) is 37.4. The Hall–Kier alpha value is -7.00. The summed E-state index contributed by atoms with van der Waals surface area (Å²) >= 11 is 0. The van der Waals surface area contributed by atoms with Crippen LogP contribution in [0.15, 0.2) is 67.8 Å². The molecule has 15 atom stereocenters. The van der Waals surface area contributed by atoms with Gasteiger partial charge in [0.2, 0.25) is 41.4 Å². The van der Waals surface area contributed by atoms with Crippen molar-refractivity contribution in [1.29, 1.82) is 0 Å². The van der Waals surface area contributed by atoms with Crippen LogP contribution < -0.4 is 45.0 Å². The number of fused-ring (bicyclic) bond motifs is 7. The number of amides is 7. The zero-order chi connectivity index (χ0) is 66.7. The van der Waals surface area contributed by atoms with Crippen LogP contribution in [0.4, 0.5) is 0 Å². The third-order valence-electron chi connectivity index (χ3n) is 20.6. The molecule has 0 radical (unpaired) electrons. The van der Waals surface area contributed by atoms with Gasteiger partial charge in [-0.3, -0.25) is 57.6 Å². The minimum atomic E-state index is -5.07. The number of phosphoric ester groups is 1. The van der Waals surface area contributed by atoms with Gasteiger partial charge >= 0.3 is 7.82 Å². The Morgan fingerprint density at radius 1 is 0.800 bits per heavy atom. The maximum absolute atomic E-state index is 14.4. The molecule has 28 heteroatoms. The fourth-order valence-electron chi connectivity index (χ4n) is 15.4. The van der Waals surface area contributed by atoms with E-state index < -0.39 is 143 Å². The van der Waals surface area contributed by atoms with Gasteiger partial charge in [0.15, 0.2) is 6.23 Å². The SMILES string of the molecule is C/C1=C2/N=C(C=C3N/C(=C(/C)C4=N[C@](C)([C@@H]5N=C1[C@](C)(CCC(=O)NC[C@@H](C)OP(=O)(O)O[C@H]1[C@@H](O)[C@H](n6cnc7cc(C)c(C)cc76)O[C@@H]1CO)[C@H]5CC(N)=O)[C@@](C)(CC(N)=O)[C@@H]4CCC(N)=O)[C@@](C)(CC(N)=O)[C@@H]3CCC(N)=O)C(C)(C)[C@@H]2CCC(N)=O. The molecule has 17 N–H and O–H groups in total. The standard InChI is InChI=1S/C62H90N13O14P/c1-29-20-39-40(21-30(29)2)75(28-70-39)57-52(84)53(41(27-76)87-57)89-90(85,86)88-31(3)26-69-49(83)18-19-59(8)37(22-46(66)80)56-62(11)61(10,25-48(68)82)36(14-17-45(65)79)51(74-62)33(5)55-60(9,24-47(67)81)34(12-15-43(63)77)38(71-55)23-42-58(6,7)35(13-16-44(64)78)50(72-42)32(4)54(59)73-56/h20-21,23,28,31,34-37,41,52-53,56-57,71,76,84H,12-19,22,24-27H2,1-11H3,(H2,63,77)(H2,64,78)(H2,65,79)(H2,66,80)(H2,67,81)(H2,68,82)(H,69,83)(H,85,86)/b38-23?,50-32-,55-33-/t31-,34-,35-,36-,37+,41-,52-,53-,56-,57-,59-,60+,61+,62-/m1/s1. The number of aliphatic hydroxyl groups excluding tert-OH is 2. The van der Waals surface area contributed by atoms with Crippen molar-refractivity contribution < 1.29 is 67.0 Å². The number of rotatable bonds is 26. The molecule has 492 valence electrons. The summed E-state index contributed by atoms with van der Waals surface area (Å²) in [6.07, 6.45) is -4.26. The summed E-state index contributed by atoms with van der Waals surface area (Å²) in [5, 5.41) is 28.2. The van der Waals surface area contributed by atoms with Gasteiger partial charge < -0.3 is 69.4 Å². The van der Waals surface area contributed by atoms with Gasteiger partial charge in [0.25, 0.3) is 0 Å². The maximum Gasteiger partial charge on any atom is 0.472 e. The Bertz CT molecular complexity index is 3540. The van der Waals surface area contributed by atoms with E-state index in [1.807, 2.05) is 87.4 Å². The van der Waals surface area contributed by atoms with E-state index in [4.69, 9.17) is 63.2 Å². The van der Waals surface area contributed by atoms with Crippen LogP contribution in [0.25, 0.3) is 11.0 Å². The average Bonchev–Trinajstić information content (AvgIpc) is 1.53. The molecular formula is C62H90N13O14P. The van der Waals surface area contributed by atoms with Crippen LogP contribution >= 0.6 is 7.82 Å². The molecule has 90 heavy (non-hydrogen) atoms. The third kappa shape index (κ3) is 13.0. The molecule has 6 aliphatic heterocycles. The predicted octanol–water partition coefficient (Wildman–Crippen LogP) is 3.16. The van der Waals surface area contributed by atoms with Crippen molar-refractivity contribution in [2.75, 3.05) is 13.2 Å². The number of nitrogens with one attached hydrogen (secondary N) is 2. The molecule has 0 saturated carbocycles. The summed E-state index contributed by atoms with van der Waals surface area (Å²) in [7, 11) is -5.07. The van der Waals surface area contributed by atoms with Crippen molar-refractivity contribution in [2.45, 2.75) is 189 Å². The smallest absolute Gasteiger partial charge is 0.394 e. The quantitative estimate of drug-likeness (QED) is 0.0603. The zero-order valence-corrected chi connectivity index (χ0v) is 54.1.